The number of hydrogen-bond donors (Lipinski definition) is 0. The van der Waals surface area contributed by atoms with Crippen LogP contribution < -0.4 is 9.81 Å². The average Bonchev–Trinajstić information content (AvgIpc) is 3.60. The SMILES string of the molecule is [CH2]=[Zr]([C]1=CC=CC1)([c]1ccc(C)cc1)([c]1ccc(Cl)cc1)[c]1c(C)c(C(C)(C)C)cc2c1Cc1cc(C)c(C(C)(C)C)cc1-2. The Balaban J connectivity index is 1.85. The van der Waals surface area contributed by atoms with Gasteiger partial charge in [-0.05, 0) is 0 Å². The molecule has 2 heteroatoms. The third-order valence-corrected chi connectivity index (χ3v) is 27.5. The molecule has 6 rings (SSSR count). The molecular formula is C42H47ClZr. The summed E-state index contributed by atoms with van der Waals surface area (Å²) in [6.45, 7) is 21.0. The van der Waals surface area contributed by atoms with E-state index in [2.05, 4.69) is 147 Å². The summed E-state index contributed by atoms with van der Waals surface area (Å²) in [5, 5.41) is 0.767. The van der Waals surface area contributed by atoms with Gasteiger partial charge >= 0.3 is 273 Å². The van der Waals surface area contributed by atoms with Crippen LogP contribution in [0.5, 0.6) is 0 Å². The van der Waals surface area contributed by atoms with Gasteiger partial charge in [0.15, 0.2) is 0 Å². The van der Waals surface area contributed by atoms with Crippen LogP contribution >= 0.6 is 11.6 Å². The number of allylic oxidation sites excluding steroid dienone is 4. The van der Waals surface area contributed by atoms with Gasteiger partial charge in [-0.1, -0.05) is 0 Å². The van der Waals surface area contributed by atoms with Crippen molar-refractivity contribution in [3.8, 4) is 11.1 Å². The Hall–Kier alpha value is -2.60. The van der Waals surface area contributed by atoms with Gasteiger partial charge in [0.25, 0.3) is 0 Å². The van der Waals surface area contributed by atoms with Crippen LogP contribution in [0.3, 0.4) is 0 Å². The quantitative estimate of drug-likeness (QED) is 0.178. The van der Waals surface area contributed by atoms with Crippen molar-refractivity contribution in [3.05, 3.63) is 132 Å². The number of benzene rings is 4. The van der Waals surface area contributed by atoms with Crippen LogP contribution in [0.2, 0.25) is 5.02 Å². The first-order valence-corrected chi connectivity index (χ1v) is 23.1. The molecule has 0 atom stereocenters. The molecule has 226 valence electrons. The van der Waals surface area contributed by atoms with E-state index in [-0.39, 0.29) is 10.8 Å². The van der Waals surface area contributed by atoms with Gasteiger partial charge in [0, 0.05) is 0 Å². The maximum absolute atomic E-state index is 6.59. The summed E-state index contributed by atoms with van der Waals surface area (Å²) in [7, 11) is 0. The summed E-state index contributed by atoms with van der Waals surface area (Å²) in [5.41, 5.74) is 12.7. The van der Waals surface area contributed by atoms with E-state index in [4.69, 9.17) is 15.8 Å². The number of hydrogen-bond acceptors (Lipinski definition) is 0. The standard InChI is InChI=1S/C23H29.C7H7.C6H4Cl.C5H5.CH2.Zr/c1-14-9-16-11-17-10-15(2)21(23(6,7)8)13-19(17)18(16)12-20(14)22(3,4)5;1-7-5-3-2-4-6-7;7-6-4-2-1-3-5-6;1-2-4-5-3-1;;/h9,12-13H,11H2,1-8H3;3-6H,1H3;2-5H;1-3H,4H2;1H2;. The van der Waals surface area contributed by atoms with E-state index in [9.17, 15) is 0 Å². The van der Waals surface area contributed by atoms with Crippen LogP contribution in [-0.4, -0.2) is 4.21 Å². The molecule has 0 unspecified atom stereocenters. The Bertz CT molecular complexity index is 1880. The first kappa shape index (κ1) is 31.4. The zero-order valence-electron chi connectivity index (χ0n) is 28.1. The number of fused-ring (bicyclic) bond motifs is 3. The van der Waals surface area contributed by atoms with E-state index in [1.807, 2.05) is 0 Å². The summed E-state index contributed by atoms with van der Waals surface area (Å²) in [6, 6.07) is 25.7. The molecule has 0 nitrogen and oxygen atoms in total. The molecule has 0 amide bonds. The summed E-state index contributed by atoms with van der Waals surface area (Å²) in [4.78, 5) is 0. The normalized spacial score (nSPS) is 14.9. The average molecular weight is 679 g/mol. The second kappa shape index (κ2) is 10.5. The van der Waals surface area contributed by atoms with Crippen molar-refractivity contribution < 1.29 is 18.3 Å². The number of halogens is 1. The fraction of sp³-hybridized carbons (Fsp3) is 0.310. The molecule has 0 radical (unpaired) electrons. The molecule has 0 saturated heterocycles. The molecule has 4 aromatic carbocycles. The molecule has 0 spiro atoms. The zero-order chi connectivity index (χ0) is 31.8. The van der Waals surface area contributed by atoms with Crippen molar-refractivity contribution in [2.24, 2.45) is 0 Å². The Labute approximate surface area is 271 Å². The van der Waals surface area contributed by atoms with E-state index in [1.165, 1.54) is 63.2 Å². The third kappa shape index (κ3) is 4.60. The molecule has 0 aliphatic heterocycles. The molecule has 2 aliphatic rings. The zero-order valence-corrected chi connectivity index (χ0v) is 31.3. The monoisotopic (exact) mass is 676 g/mol. The van der Waals surface area contributed by atoms with Crippen molar-refractivity contribution in [2.45, 2.75) is 86.0 Å². The van der Waals surface area contributed by atoms with Gasteiger partial charge in [-0.3, -0.25) is 0 Å². The van der Waals surface area contributed by atoms with Gasteiger partial charge < -0.3 is 0 Å². The second-order valence-corrected chi connectivity index (χ2v) is 28.9. The Morgan fingerprint density at radius 3 is 1.84 bits per heavy atom. The van der Waals surface area contributed by atoms with Crippen LogP contribution in [0.4, 0.5) is 0 Å². The van der Waals surface area contributed by atoms with Gasteiger partial charge in [0.05, 0.1) is 0 Å². The fourth-order valence-corrected chi connectivity index (χ4v) is 25.0. The van der Waals surface area contributed by atoms with Crippen molar-refractivity contribution in [1.82, 2.24) is 0 Å². The van der Waals surface area contributed by atoms with Crippen LogP contribution in [0, 0.1) is 20.8 Å². The molecule has 2 aliphatic carbocycles. The summed E-state index contributed by atoms with van der Waals surface area (Å²) in [6.07, 6.45) is 8.87. The molecule has 44 heavy (non-hydrogen) atoms. The first-order valence-electron chi connectivity index (χ1n) is 16.1. The van der Waals surface area contributed by atoms with Crippen LogP contribution in [-0.2, 0) is 35.5 Å². The number of aryl methyl sites for hydroxylation is 2. The van der Waals surface area contributed by atoms with Gasteiger partial charge in [0.1, 0.15) is 0 Å². The molecule has 0 aromatic heterocycles. The maximum atomic E-state index is 6.59. The number of rotatable bonds is 4. The van der Waals surface area contributed by atoms with Crippen LogP contribution in [0.15, 0.2) is 88.2 Å². The van der Waals surface area contributed by atoms with Gasteiger partial charge in [0.2, 0.25) is 0 Å². The van der Waals surface area contributed by atoms with Gasteiger partial charge in [-0.25, -0.2) is 0 Å². The van der Waals surface area contributed by atoms with E-state index in [0.717, 1.165) is 17.9 Å². The molecule has 0 fully saturated rings. The van der Waals surface area contributed by atoms with Crippen LogP contribution in [0.1, 0.15) is 86.9 Å². The Kier molecular flexibility index (Phi) is 7.47. The third-order valence-electron chi connectivity index (χ3n) is 10.6. The van der Waals surface area contributed by atoms with E-state index < -0.39 is 18.3 Å². The van der Waals surface area contributed by atoms with Gasteiger partial charge in [-0.15, -0.1) is 0 Å². The van der Waals surface area contributed by atoms with E-state index >= 15 is 0 Å². The first-order chi connectivity index (χ1) is 20.5. The summed E-state index contributed by atoms with van der Waals surface area (Å²) in [5.74, 6) is 0. The van der Waals surface area contributed by atoms with Crippen molar-refractivity contribution in [1.29, 1.82) is 0 Å². The summed E-state index contributed by atoms with van der Waals surface area (Å²) >= 11 is 1.73. The Morgan fingerprint density at radius 1 is 0.727 bits per heavy atom. The molecular weight excluding hydrogens is 631 g/mol. The van der Waals surface area contributed by atoms with Crippen molar-refractivity contribution in [3.63, 3.8) is 0 Å². The minimum atomic E-state index is -4.87. The molecule has 0 bridgehead atoms. The Morgan fingerprint density at radius 2 is 1.30 bits per heavy atom. The van der Waals surface area contributed by atoms with Crippen molar-refractivity contribution >= 4 is 25.6 Å². The predicted molar refractivity (Wildman–Crippen MR) is 192 cm³/mol. The fourth-order valence-electron chi connectivity index (χ4n) is 8.53. The molecule has 0 N–H and O–H groups in total. The molecule has 0 saturated carbocycles. The van der Waals surface area contributed by atoms with E-state index in [0.29, 0.717) is 0 Å². The van der Waals surface area contributed by atoms with E-state index in [1.54, 1.807) is 0 Å². The van der Waals surface area contributed by atoms with Gasteiger partial charge in [-0.2, -0.15) is 0 Å². The summed E-state index contributed by atoms with van der Waals surface area (Å²) < 4.78 is 11.5. The molecule has 4 aromatic rings. The van der Waals surface area contributed by atoms with Crippen LogP contribution in [0.25, 0.3) is 11.1 Å². The minimum absolute atomic E-state index is 0.0301. The topological polar surface area (TPSA) is 0 Å². The second-order valence-electron chi connectivity index (χ2n) is 15.6. The predicted octanol–water partition coefficient (Wildman–Crippen LogP) is 9.67. The molecule has 0 heterocycles. The van der Waals surface area contributed by atoms with Crippen molar-refractivity contribution in [2.75, 3.05) is 0 Å².